The summed E-state index contributed by atoms with van der Waals surface area (Å²) in [5, 5.41) is 34.8. The minimum Gasteiger partial charge on any atom is -0.481 e. The van der Waals surface area contributed by atoms with Crippen LogP contribution < -0.4 is 0 Å². The van der Waals surface area contributed by atoms with Crippen molar-refractivity contribution in [2.75, 3.05) is 0 Å². The Bertz CT molecular complexity index is 571. The first-order chi connectivity index (χ1) is 9.73. The third kappa shape index (κ3) is 9.15. The van der Waals surface area contributed by atoms with Gasteiger partial charge < -0.3 is 20.4 Å². The quantitative estimate of drug-likeness (QED) is 0.598. The molecule has 6 nitrogen and oxygen atoms in total. The van der Waals surface area contributed by atoms with E-state index in [1.807, 2.05) is 30.3 Å². The fourth-order valence-electron chi connectivity index (χ4n) is 1.37. The van der Waals surface area contributed by atoms with Gasteiger partial charge in [-0.2, -0.15) is 0 Å². The molecular weight excluding hydrogens is 276 g/mol. The molecular formula is C15H18O6. The normalized spacial score (nSPS) is 9.19. The van der Waals surface area contributed by atoms with Gasteiger partial charge in [0, 0.05) is 19.4 Å². The second kappa shape index (κ2) is 9.46. The number of rotatable bonds is 1. The van der Waals surface area contributed by atoms with Crippen LogP contribution in [0.15, 0.2) is 42.5 Å². The molecule has 0 aliphatic heterocycles. The van der Waals surface area contributed by atoms with Gasteiger partial charge in [-0.3, -0.25) is 9.59 Å². The summed E-state index contributed by atoms with van der Waals surface area (Å²) in [6.45, 7) is 2.17. The van der Waals surface area contributed by atoms with Crippen LogP contribution in [0.2, 0.25) is 0 Å². The topological polar surface area (TPSA) is 115 Å². The first kappa shape index (κ1) is 18.6. The van der Waals surface area contributed by atoms with Gasteiger partial charge in [0.1, 0.15) is 0 Å². The van der Waals surface area contributed by atoms with E-state index < -0.39 is 18.2 Å². The largest absolute Gasteiger partial charge is 0.481 e. The third-order valence-electron chi connectivity index (χ3n) is 2.07. The molecule has 2 rings (SSSR count). The molecule has 6 heteroatoms. The second-order valence-electron chi connectivity index (χ2n) is 4.02. The zero-order valence-corrected chi connectivity index (χ0v) is 11.7. The lowest BCUT2D eigenvalue weighted by Gasteiger charge is -2.04. The second-order valence-corrected chi connectivity index (χ2v) is 4.02. The van der Waals surface area contributed by atoms with Gasteiger partial charge >= 0.3 is 0 Å². The van der Waals surface area contributed by atoms with Gasteiger partial charge in [0.2, 0.25) is 0 Å². The van der Waals surface area contributed by atoms with Crippen LogP contribution >= 0.6 is 0 Å². The molecule has 0 amide bonds. The number of benzene rings is 2. The molecule has 21 heavy (non-hydrogen) atoms. The number of fused-ring (bicyclic) bond motifs is 1. The van der Waals surface area contributed by atoms with Crippen LogP contribution in [0.1, 0.15) is 25.7 Å². The Labute approximate surface area is 121 Å². The van der Waals surface area contributed by atoms with E-state index in [1.54, 1.807) is 12.1 Å². The van der Waals surface area contributed by atoms with E-state index in [0.717, 1.165) is 24.6 Å². The van der Waals surface area contributed by atoms with Crippen molar-refractivity contribution in [1.82, 2.24) is 0 Å². The molecule has 2 aromatic carbocycles. The fraction of sp³-hybridized carbons (Fsp3) is 0.200. The number of carboxylic acids is 2. The number of aliphatic hydroxyl groups excluding tert-OH is 1. The van der Waals surface area contributed by atoms with Gasteiger partial charge in [-0.25, -0.2) is 0 Å². The molecule has 0 aromatic heterocycles. The number of hydrogen-bond acceptors (Lipinski definition) is 4. The molecule has 0 heterocycles. The highest BCUT2D eigenvalue weighted by atomic mass is 16.5. The first-order valence-electron chi connectivity index (χ1n) is 5.98. The molecule has 0 atom stereocenters. The van der Waals surface area contributed by atoms with E-state index in [4.69, 9.17) is 30.0 Å². The Morgan fingerprint density at radius 1 is 0.857 bits per heavy atom. The predicted octanol–water partition coefficient (Wildman–Crippen LogP) is 2.00. The van der Waals surface area contributed by atoms with Gasteiger partial charge in [-0.1, -0.05) is 36.4 Å². The van der Waals surface area contributed by atoms with E-state index in [-0.39, 0.29) is 0 Å². The van der Waals surface area contributed by atoms with E-state index >= 15 is 0 Å². The maximum absolute atomic E-state index is 9.00. The highest BCUT2D eigenvalue weighted by Gasteiger charge is 2.01. The Morgan fingerprint density at radius 2 is 1.29 bits per heavy atom. The monoisotopic (exact) mass is 294 g/mol. The van der Waals surface area contributed by atoms with Gasteiger partial charge in [0.25, 0.3) is 11.9 Å². The molecule has 0 unspecified atom stereocenters. The number of carboxylic acid groups (broad SMARTS) is 2. The number of hydrogen-bond donors (Lipinski definition) is 4. The molecule has 0 fully saturated rings. The van der Waals surface area contributed by atoms with Crippen molar-refractivity contribution >= 4 is 22.7 Å². The molecule has 4 N–H and O–H groups in total. The zero-order valence-electron chi connectivity index (χ0n) is 11.7. The number of aliphatic hydroxyl groups is 2. The Kier molecular flexibility index (Phi) is 8.36. The highest BCUT2D eigenvalue weighted by Crippen LogP contribution is 2.18. The third-order valence-corrected chi connectivity index (χ3v) is 2.07. The molecule has 0 aliphatic rings. The minimum atomic E-state index is -1.38. The van der Waals surface area contributed by atoms with Gasteiger partial charge in [-0.15, -0.1) is 0 Å². The molecule has 0 saturated heterocycles. The van der Waals surface area contributed by atoms with Crippen LogP contribution in [0.25, 0.3) is 10.8 Å². The molecule has 0 aliphatic carbocycles. The van der Waals surface area contributed by atoms with E-state index in [2.05, 4.69) is 0 Å². The van der Waals surface area contributed by atoms with Crippen molar-refractivity contribution in [3.63, 3.8) is 0 Å². The lowest BCUT2D eigenvalue weighted by atomic mass is 10.1. The summed E-state index contributed by atoms with van der Waals surface area (Å²) in [6, 6.07) is 13.2. The molecule has 0 spiro atoms. The van der Waals surface area contributed by atoms with Crippen molar-refractivity contribution in [2.45, 2.75) is 20.1 Å². The maximum Gasteiger partial charge on any atom is 0.300 e. The van der Waals surface area contributed by atoms with Crippen LogP contribution in [-0.2, 0) is 9.59 Å². The molecule has 0 bridgehead atoms. The van der Waals surface area contributed by atoms with E-state index in [1.165, 1.54) is 0 Å². The van der Waals surface area contributed by atoms with Crippen molar-refractivity contribution in [2.24, 2.45) is 0 Å². The lowest BCUT2D eigenvalue weighted by Crippen LogP contribution is -1.93. The van der Waals surface area contributed by atoms with Gasteiger partial charge in [0.15, 0.2) is 6.29 Å². The summed E-state index contributed by atoms with van der Waals surface area (Å²) in [5.41, 5.74) is 0.527. The smallest absolute Gasteiger partial charge is 0.300 e. The Balaban J connectivity index is 0.000000421. The van der Waals surface area contributed by atoms with Crippen molar-refractivity contribution in [3.05, 3.63) is 48.0 Å². The number of carbonyl (C=O) groups is 2. The molecule has 0 radical (unpaired) electrons. The summed E-state index contributed by atoms with van der Waals surface area (Å²) < 4.78 is 0. The maximum atomic E-state index is 9.00. The zero-order chi connectivity index (χ0) is 16.4. The number of aliphatic carboxylic acids is 2. The SMILES string of the molecule is CC(=O)O.CC(=O)O.OC(O)c1ccc2ccccc2c1. The minimum absolute atomic E-state index is 0.527. The van der Waals surface area contributed by atoms with Crippen LogP contribution in [0.4, 0.5) is 0 Å². The van der Waals surface area contributed by atoms with Gasteiger partial charge in [-0.05, 0) is 16.8 Å². The predicted molar refractivity (Wildman–Crippen MR) is 77.7 cm³/mol. The molecule has 2 aromatic rings. The average Bonchev–Trinajstić information content (AvgIpc) is 2.36. The van der Waals surface area contributed by atoms with Gasteiger partial charge in [0.05, 0.1) is 0 Å². The van der Waals surface area contributed by atoms with Crippen molar-refractivity contribution in [3.8, 4) is 0 Å². The first-order valence-corrected chi connectivity index (χ1v) is 5.98. The summed E-state index contributed by atoms with van der Waals surface area (Å²) in [4.78, 5) is 18.0. The summed E-state index contributed by atoms with van der Waals surface area (Å²) >= 11 is 0. The lowest BCUT2D eigenvalue weighted by molar-refractivity contribution is -0.135. The van der Waals surface area contributed by atoms with Crippen molar-refractivity contribution in [1.29, 1.82) is 0 Å². The van der Waals surface area contributed by atoms with Crippen LogP contribution in [-0.4, -0.2) is 32.4 Å². The summed E-state index contributed by atoms with van der Waals surface area (Å²) in [6.07, 6.45) is -1.38. The Hall–Kier alpha value is -2.44. The summed E-state index contributed by atoms with van der Waals surface area (Å²) in [5.74, 6) is -1.67. The van der Waals surface area contributed by atoms with Crippen LogP contribution in [0, 0.1) is 0 Å². The van der Waals surface area contributed by atoms with Crippen LogP contribution in [0.3, 0.4) is 0 Å². The standard InChI is InChI=1S/C11H10O2.2C2H4O2/c12-11(13)10-6-5-8-3-1-2-4-9(8)7-10;2*1-2(3)4/h1-7,11-13H;2*1H3,(H,3,4). The molecule has 114 valence electrons. The highest BCUT2D eigenvalue weighted by molar-refractivity contribution is 5.83. The van der Waals surface area contributed by atoms with Crippen molar-refractivity contribution < 1.29 is 30.0 Å². The fourth-order valence-corrected chi connectivity index (χ4v) is 1.37. The molecule has 0 saturated carbocycles. The van der Waals surface area contributed by atoms with Crippen LogP contribution in [0.5, 0.6) is 0 Å². The van der Waals surface area contributed by atoms with E-state index in [9.17, 15) is 0 Å². The van der Waals surface area contributed by atoms with E-state index in [0.29, 0.717) is 5.56 Å². The summed E-state index contributed by atoms with van der Waals surface area (Å²) in [7, 11) is 0. The average molecular weight is 294 g/mol. The Morgan fingerprint density at radius 3 is 1.71 bits per heavy atom.